The van der Waals surface area contributed by atoms with Crippen LogP contribution in [0.25, 0.3) is 5.69 Å². The molecule has 0 bridgehead atoms. The summed E-state index contributed by atoms with van der Waals surface area (Å²) in [6, 6.07) is 13.6. The summed E-state index contributed by atoms with van der Waals surface area (Å²) in [6.45, 7) is 5.95. The smallest absolute Gasteiger partial charge is 0.246 e. The van der Waals surface area contributed by atoms with Crippen molar-refractivity contribution in [2.24, 2.45) is 0 Å². The lowest BCUT2D eigenvalue weighted by molar-refractivity contribution is -0.117. The minimum atomic E-state index is -0.196. The maximum absolute atomic E-state index is 12.3. The highest BCUT2D eigenvalue weighted by Gasteiger charge is 2.12. The lowest BCUT2D eigenvalue weighted by atomic mass is 10.1. The number of para-hydroxylation sites is 1. The van der Waals surface area contributed by atoms with Crippen LogP contribution in [-0.4, -0.2) is 25.7 Å². The molecule has 0 aliphatic heterocycles. The molecule has 0 fully saturated rings. The Morgan fingerprint density at radius 2 is 1.84 bits per heavy atom. The molecule has 3 rings (SSSR count). The van der Waals surface area contributed by atoms with Crippen molar-refractivity contribution < 1.29 is 4.79 Å². The van der Waals surface area contributed by atoms with Crippen LogP contribution in [0.3, 0.4) is 0 Å². The molecule has 0 saturated heterocycles. The lowest BCUT2D eigenvalue weighted by Crippen LogP contribution is -2.20. The van der Waals surface area contributed by atoms with Crippen LogP contribution in [0.4, 0.5) is 5.69 Å². The van der Waals surface area contributed by atoms with Crippen LogP contribution in [0.2, 0.25) is 0 Å². The Morgan fingerprint density at radius 3 is 2.60 bits per heavy atom. The quantitative estimate of drug-likeness (QED) is 0.731. The first-order valence-corrected chi connectivity index (χ1v) is 8.32. The summed E-state index contributed by atoms with van der Waals surface area (Å²) in [5.74, 6) is -0.196. The SMILES string of the molecule is Cc1ccc(C)c(-n2nnn(CC(=O)Nc3ccccc3C)c2=S)c1. The standard InChI is InChI=1S/C18H19N5OS/c1-12-8-9-14(3)16(10-12)23-18(25)22(20-21-23)11-17(24)19-15-7-5-4-6-13(15)2/h4-10H,11H2,1-3H3,(H,19,24). The van der Waals surface area contributed by atoms with Crippen molar-refractivity contribution in [2.75, 3.05) is 5.32 Å². The van der Waals surface area contributed by atoms with Crippen molar-refractivity contribution in [3.8, 4) is 5.69 Å². The molecule has 0 saturated carbocycles. The van der Waals surface area contributed by atoms with Crippen molar-refractivity contribution in [2.45, 2.75) is 27.3 Å². The molecule has 0 spiro atoms. The van der Waals surface area contributed by atoms with E-state index in [9.17, 15) is 4.79 Å². The number of tetrazole rings is 1. The van der Waals surface area contributed by atoms with E-state index in [0.29, 0.717) is 4.77 Å². The summed E-state index contributed by atoms with van der Waals surface area (Å²) < 4.78 is 3.39. The number of carbonyl (C=O) groups is 1. The number of aryl methyl sites for hydroxylation is 3. The number of rotatable bonds is 4. The molecule has 7 heteroatoms. The van der Waals surface area contributed by atoms with Crippen molar-refractivity contribution in [1.82, 2.24) is 19.8 Å². The first kappa shape index (κ1) is 17.0. The molecule has 3 aromatic rings. The van der Waals surface area contributed by atoms with Crippen LogP contribution in [0.15, 0.2) is 42.5 Å². The van der Waals surface area contributed by atoms with Gasteiger partial charge in [0, 0.05) is 5.69 Å². The molecule has 1 amide bonds. The van der Waals surface area contributed by atoms with E-state index >= 15 is 0 Å². The van der Waals surface area contributed by atoms with E-state index in [1.807, 2.05) is 63.2 Å². The number of anilines is 1. The predicted octanol–water partition coefficient (Wildman–Crippen LogP) is 3.36. The fourth-order valence-electron chi connectivity index (χ4n) is 2.51. The third-order valence-electron chi connectivity index (χ3n) is 3.94. The molecule has 1 N–H and O–H groups in total. The highest BCUT2D eigenvalue weighted by Crippen LogP contribution is 2.16. The third kappa shape index (κ3) is 3.66. The first-order valence-electron chi connectivity index (χ1n) is 7.91. The van der Waals surface area contributed by atoms with Gasteiger partial charge in [-0.2, -0.15) is 4.68 Å². The number of nitrogens with one attached hydrogen (secondary N) is 1. The largest absolute Gasteiger partial charge is 0.324 e. The fourth-order valence-corrected chi connectivity index (χ4v) is 2.75. The van der Waals surface area contributed by atoms with E-state index in [0.717, 1.165) is 28.1 Å². The summed E-state index contributed by atoms with van der Waals surface area (Å²) >= 11 is 5.44. The van der Waals surface area contributed by atoms with Gasteiger partial charge < -0.3 is 5.32 Å². The highest BCUT2D eigenvalue weighted by molar-refractivity contribution is 7.71. The Balaban J connectivity index is 1.82. The minimum absolute atomic E-state index is 0.0119. The van der Waals surface area contributed by atoms with Gasteiger partial charge in [0.2, 0.25) is 10.7 Å². The van der Waals surface area contributed by atoms with Crippen molar-refractivity contribution >= 4 is 23.8 Å². The maximum Gasteiger partial charge on any atom is 0.246 e. The average Bonchev–Trinajstić information content (AvgIpc) is 2.93. The van der Waals surface area contributed by atoms with E-state index in [4.69, 9.17) is 12.2 Å². The fraction of sp³-hybridized carbons (Fsp3) is 0.222. The van der Waals surface area contributed by atoms with Crippen molar-refractivity contribution in [3.05, 3.63) is 63.9 Å². The molecule has 0 aliphatic carbocycles. The van der Waals surface area contributed by atoms with Crippen LogP contribution in [0.1, 0.15) is 16.7 Å². The van der Waals surface area contributed by atoms with Gasteiger partial charge >= 0.3 is 0 Å². The molecule has 1 heterocycles. The molecule has 6 nitrogen and oxygen atoms in total. The normalized spacial score (nSPS) is 10.7. The molecule has 128 valence electrons. The summed E-state index contributed by atoms with van der Waals surface area (Å²) in [7, 11) is 0. The lowest BCUT2D eigenvalue weighted by Gasteiger charge is -2.08. The zero-order valence-electron chi connectivity index (χ0n) is 14.4. The molecule has 0 atom stereocenters. The molecule has 0 radical (unpaired) electrons. The summed E-state index contributed by atoms with van der Waals surface area (Å²) in [4.78, 5) is 12.3. The van der Waals surface area contributed by atoms with Gasteiger partial charge in [-0.15, -0.1) is 0 Å². The van der Waals surface area contributed by atoms with Gasteiger partial charge in [0.25, 0.3) is 0 Å². The molecule has 0 unspecified atom stereocenters. The Hall–Kier alpha value is -2.80. The van der Waals surface area contributed by atoms with E-state index in [2.05, 4.69) is 15.7 Å². The molecule has 2 aromatic carbocycles. The number of hydrogen-bond acceptors (Lipinski definition) is 4. The zero-order valence-corrected chi connectivity index (χ0v) is 15.2. The van der Waals surface area contributed by atoms with Gasteiger partial charge in [0.15, 0.2) is 0 Å². The van der Waals surface area contributed by atoms with Gasteiger partial charge in [0.05, 0.1) is 5.69 Å². The van der Waals surface area contributed by atoms with E-state index in [-0.39, 0.29) is 12.5 Å². The number of hydrogen-bond donors (Lipinski definition) is 1. The minimum Gasteiger partial charge on any atom is -0.324 e. The summed E-state index contributed by atoms with van der Waals surface area (Å²) in [5, 5.41) is 11.0. The number of carbonyl (C=O) groups excluding carboxylic acids is 1. The second-order valence-corrected chi connectivity index (χ2v) is 6.35. The molecule has 1 aromatic heterocycles. The van der Waals surface area contributed by atoms with Gasteiger partial charge in [-0.25, -0.2) is 4.68 Å². The van der Waals surface area contributed by atoms with Crippen molar-refractivity contribution in [1.29, 1.82) is 0 Å². The number of nitrogens with zero attached hydrogens (tertiary/aromatic N) is 4. The maximum atomic E-state index is 12.3. The number of amides is 1. The number of aromatic nitrogens is 4. The van der Waals surface area contributed by atoms with E-state index in [1.54, 1.807) is 4.68 Å². The van der Waals surface area contributed by atoms with Gasteiger partial charge in [0.1, 0.15) is 6.54 Å². The van der Waals surface area contributed by atoms with E-state index in [1.165, 1.54) is 4.68 Å². The van der Waals surface area contributed by atoms with Crippen LogP contribution in [0.5, 0.6) is 0 Å². The Morgan fingerprint density at radius 1 is 1.08 bits per heavy atom. The molecule has 0 aliphatic rings. The van der Waals surface area contributed by atoms with E-state index < -0.39 is 0 Å². The predicted molar refractivity (Wildman–Crippen MR) is 99.5 cm³/mol. The Kier molecular flexibility index (Phi) is 4.76. The van der Waals surface area contributed by atoms with Crippen LogP contribution >= 0.6 is 12.2 Å². The average molecular weight is 353 g/mol. The molecular weight excluding hydrogens is 334 g/mol. The highest BCUT2D eigenvalue weighted by atomic mass is 32.1. The summed E-state index contributed by atoms with van der Waals surface area (Å²) in [6.07, 6.45) is 0. The second kappa shape index (κ2) is 6.98. The number of benzene rings is 2. The monoisotopic (exact) mass is 353 g/mol. The van der Waals surface area contributed by atoms with Crippen molar-refractivity contribution in [3.63, 3.8) is 0 Å². The topological polar surface area (TPSA) is 64.7 Å². The van der Waals surface area contributed by atoms with Gasteiger partial charge in [-0.1, -0.05) is 30.3 Å². The Labute approximate surface area is 151 Å². The van der Waals surface area contributed by atoms with Crippen LogP contribution < -0.4 is 5.32 Å². The zero-order chi connectivity index (χ0) is 18.0. The van der Waals surface area contributed by atoms with Gasteiger partial charge in [-0.3, -0.25) is 4.79 Å². The Bertz CT molecular complexity index is 989. The first-order chi connectivity index (χ1) is 12.0. The van der Waals surface area contributed by atoms with Gasteiger partial charge in [-0.05, 0) is 72.2 Å². The molecular formula is C18H19N5OS. The second-order valence-electron chi connectivity index (χ2n) is 5.98. The molecule has 25 heavy (non-hydrogen) atoms. The summed E-state index contributed by atoms with van der Waals surface area (Å²) in [5.41, 5.74) is 4.79. The van der Waals surface area contributed by atoms with Crippen LogP contribution in [0, 0.1) is 25.5 Å². The van der Waals surface area contributed by atoms with Crippen LogP contribution in [-0.2, 0) is 11.3 Å². The third-order valence-corrected chi connectivity index (χ3v) is 4.33.